The lowest BCUT2D eigenvalue weighted by atomic mass is 9.93. The average molecular weight is 1150 g/mol. The molecular formula is C82H50N8. The highest BCUT2D eigenvalue weighted by molar-refractivity contribution is 6.28. The summed E-state index contributed by atoms with van der Waals surface area (Å²) in [7, 11) is 0. The SMILES string of the molecule is N#Cc1ccccc1-c1ccc(-n2c3ccccc3c3c2ccc2c4ccccc4n(-c4ccccc4)c23)c(-c2cc(-c3nc(-c4ccccc4)nc(-c4ccccc4)n3)ccc2-n2c3ccccc3c3c2ccc2c4ccccc4n(-c4ccccc4)c23)c1. The summed E-state index contributed by atoms with van der Waals surface area (Å²) in [5.74, 6) is 1.68. The largest absolute Gasteiger partial charge is 0.309 e. The second-order valence-corrected chi connectivity index (χ2v) is 23.0. The highest BCUT2D eigenvalue weighted by Crippen LogP contribution is 2.48. The molecule has 18 rings (SSSR count). The van der Waals surface area contributed by atoms with Gasteiger partial charge in [0.25, 0.3) is 0 Å². The third-order valence-electron chi connectivity index (χ3n) is 18.0. The molecule has 0 unspecified atom stereocenters. The van der Waals surface area contributed by atoms with Gasteiger partial charge in [-0.15, -0.1) is 0 Å². The van der Waals surface area contributed by atoms with Crippen LogP contribution in [0, 0.1) is 11.3 Å². The lowest BCUT2D eigenvalue weighted by Crippen LogP contribution is -2.04. The molecule has 0 aliphatic rings. The Morgan fingerprint density at radius 1 is 0.256 bits per heavy atom. The van der Waals surface area contributed by atoms with Crippen molar-refractivity contribution in [1.82, 2.24) is 33.2 Å². The Hall–Kier alpha value is -12.4. The van der Waals surface area contributed by atoms with Crippen molar-refractivity contribution in [2.75, 3.05) is 0 Å². The van der Waals surface area contributed by atoms with Crippen LogP contribution in [0.1, 0.15) is 5.56 Å². The van der Waals surface area contributed by atoms with Gasteiger partial charge < -0.3 is 18.3 Å². The predicted molar refractivity (Wildman–Crippen MR) is 369 cm³/mol. The van der Waals surface area contributed by atoms with E-state index in [0.29, 0.717) is 23.0 Å². The zero-order chi connectivity index (χ0) is 59.4. The number of para-hydroxylation sites is 6. The maximum absolute atomic E-state index is 10.8. The monoisotopic (exact) mass is 1150 g/mol. The summed E-state index contributed by atoms with van der Waals surface area (Å²) in [6.07, 6.45) is 0. The normalized spacial score (nSPS) is 11.8. The van der Waals surface area contributed by atoms with E-state index < -0.39 is 0 Å². The van der Waals surface area contributed by atoms with E-state index in [-0.39, 0.29) is 0 Å². The van der Waals surface area contributed by atoms with Crippen molar-refractivity contribution in [1.29, 1.82) is 5.26 Å². The minimum atomic E-state index is 0.535. The van der Waals surface area contributed by atoms with E-state index >= 15 is 0 Å². The first kappa shape index (κ1) is 50.8. The number of rotatable bonds is 9. The first-order valence-corrected chi connectivity index (χ1v) is 30.3. The van der Waals surface area contributed by atoms with Gasteiger partial charge in [0.15, 0.2) is 17.5 Å². The zero-order valence-electron chi connectivity index (χ0n) is 48.4. The van der Waals surface area contributed by atoms with Crippen LogP contribution in [0.2, 0.25) is 0 Å². The molecular weight excluding hydrogens is 1100 g/mol. The molecule has 0 bridgehead atoms. The standard InChI is InChI=1S/C82H50N8/c83-51-56-27-13-14-32-59(56)54-41-45-72(89-70-39-21-17-35-64(70)76-74(89)47-43-62-60-33-15-19-37-68(60)87(78(62)76)57-28-9-3-10-29-57)66(49-54)67-50-55(82-85-80(52-23-5-1-6-24-52)84-81(86-82)53-25-7-2-8-26-53)42-46-73(67)90-71-40-22-18-36-65(71)77-75(90)48-44-63-61-34-16-20-38-69(61)88(79(63)77)58-30-11-4-12-31-58/h1-50H. The van der Waals surface area contributed by atoms with E-state index in [2.05, 4.69) is 273 Å². The van der Waals surface area contributed by atoms with Gasteiger partial charge in [0.2, 0.25) is 0 Å². The molecule has 0 N–H and O–H groups in total. The highest BCUT2D eigenvalue weighted by Gasteiger charge is 2.27. The van der Waals surface area contributed by atoms with E-state index in [1.54, 1.807) is 0 Å². The number of hydrogen-bond donors (Lipinski definition) is 0. The number of benzene rings is 13. The molecule has 0 fully saturated rings. The summed E-state index contributed by atoms with van der Waals surface area (Å²) in [6, 6.07) is 110. The molecule has 0 aliphatic heterocycles. The zero-order valence-corrected chi connectivity index (χ0v) is 48.4. The fraction of sp³-hybridized carbons (Fsp3) is 0. The van der Waals surface area contributed by atoms with Crippen molar-refractivity contribution < 1.29 is 0 Å². The lowest BCUT2D eigenvalue weighted by molar-refractivity contribution is 1.07. The van der Waals surface area contributed by atoms with Crippen molar-refractivity contribution in [3.05, 3.63) is 309 Å². The molecule has 0 radical (unpaired) electrons. The van der Waals surface area contributed by atoms with Crippen LogP contribution in [0.4, 0.5) is 0 Å². The van der Waals surface area contributed by atoms with Crippen LogP contribution >= 0.6 is 0 Å². The number of nitriles is 1. The minimum absolute atomic E-state index is 0.535. The summed E-state index contributed by atoms with van der Waals surface area (Å²) in [5.41, 5.74) is 19.6. The third kappa shape index (κ3) is 7.77. The summed E-state index contributed by atoms with van der Waals surface area (Å²) >= 11 is 0. The molecule has 5 aromatic heterocycles. The fourth-order valence-electron chi connectivity index (χ4n) is 14.2. The van der Waals surface area contributed by atoms with Crippen LogP contribution < -0.4 is 0 Å². The van der Waals surface area contributed by atoms with Gasteiger partial charge in [-0.1, -0.05) is 206 Å². The molecule has 418 valence electrons. The number of fused-ring (bicyclic) bond motifs is 14. The van der Waals surface area contributed by atoms with E-state index in [9.17, 15) is 5.26 Å². The molecule has 5 heterocycles. The number of aromatic nitrogens is 7. The third-order valence-corrected chi connectivity index (χ3v) is 18.0. The highest BCUT2D eigenvalue weighted by atomic mass is 15.1. The summed E-state index contributed by atoms with van der Waals surface area (Å²) in [5, 5.41) is 20.1. The second kappa shape index (κ2) is 20.3. The van der Waals surface area contributed by atoms with Crippen molar-refractivity contribution >= 4 is 87.2 Å². The van der Waals surface area contributed by atoms with Gasteiger partial charge in [-0.25, -0.2) is 15.0 Å². The van der Waals surface area contributed by atoms with Crippen LogP contribution in [0.3, 0.4) is 0 Å². The van der Waals surface area contributed by atoms with Gasteiger partial charge in [-0.2, -0.15) is 5.26 Å². The summed E-state index contributed by atoms with van der Waals surface area (Å²) in [4.78, 5) is 15.9. The molecule has 90 heavy (non-hydrogen) atoms. The molecule has 8 nitrogen and oxygen atoms in total. The van der Waals surface area contributed by atoms with E-state index in [1.807, 2.05) is 54.6 Å². The van der Waals surface area contributed by atoms with Crippen LogP contribution in [0.15, 0.2) is 303 Å². The second-order valence-electron chi connectivity index (χ2n) is 23.0. The molecule has 8 heteroatoms. The Bertz CT molecular complexity index is 5910. The van der Waals surface area contributed by atoms with Crippen molar-refractivity contribution in [3.63, 3.8) is 0 Å². The van der Waals surface area contributed by atoms with Crippen molar-refractivity contribution in [3.8, 4) is 85.2 Å². The topological polar surface area (TPSA) is 82.2 Å². The molecule has 0 aliphatic carbocycles. The van der Waals surface area contributed by atoms with Crippen molar-refractivity contribution in [2.45, 2.75) is 0 Å². The Morgan fingerprint density at radius 2 is 0.622 bits per heavy atom. The number of hydrogen-bond acceptors (Lipinski definition) is 4. The van der Waals surface area contributed by atoms with E-state index in [1.165, 1.54) is 21.5 Å². The Labute approximate surface area is 516 Å². The number of nitrogens with zero attached hydrogens (tertiary/aromatic N) is 8. The summed E-state index contributed by atoms with van der Waals surface area (Å²) < 4.78 is 9.79. The Balaban J connectivity index is 0.995. The van der Waals surface area contributed by atoms with E-state index in [4.69, 9.17) is 15.0 Å². The van der Waals surface area contributed by atoms with E-state index in [0.717, 1.165) is 127 Å². The molecule has 0 saturated carbocycles. The fourth-order valence-corrected chi connectivity index (χ4v) is 14.2. The minimum Gasteiger partial charge on any atom is -0.309 e. The van der Waals surface area contributed by atoms with Gasteiger partial charge in [0.1, 0.15) is 0 Å². The quantitative estimate of drug-likeness (QED) is 0.144. The van der Waals surface area contributed by atoms with Gasteiger partial charge in [-0.05, 0) is 108 Å². The average Bonchev–Trinajstić information content (AvgIpc) is 1.55. The lowest BCUT2D eigenvalue weighted by Gasteiger charge is -2.21. The Kier molecular flexibility index (Phi) is 11.5. The molecule has 0 amide bonds. The van der Waals surface area contributed by atoms with Crippen LogP contribution in [-0.4, -0.2) is 33.2 Å². The molecule has 0 atom stereocenters. The van der Waals surface area contributed by atoms with Crippen LogP contribution in [0.25, 0.3) is 166 Å². The molecule has 18 aromatic rings. The van der Waals surface area contributed by atoms with Gasteiger partial charge in [0, 0.05) is 82.3 Å². The molecule has 0 saturated heterocycles. The maximum Gasteiger partial charge on any atom is 0.164 e. The first-order valence-electron chi connectivity index (χ1n) is 30.3. The molecule has 0 spiro atoms. The van der Waals surface area contributed by atoms with Gasteiger partial charge in [0.05, 0.1) is 67.1 Å². The first-order chi connectivity index (χ1) is 44.6. The van der Waals surface area contributed by atoms with Crippen LogP contribution in [-0.2, 0) is 0 Å². The Morgan fingerprint density at radius 3 is 1.09 bits per heavy atom. The van der Waals surface area contributed by atoms with Crippen LogP contribution in [0.5, 0.6) is 0 Å². The maximum atomic E-state index is 10.8. The van der Waals surface area contributed by atoms with Crippen molar-refractivity contribution in [2.24, 2.45) is 0 Å². The summed E-state index contributed by atoms with van der Waals surface area (Å²) in [6.45, 7) is 0. The van der Waals surface area contributed by atoms with Gasteiger partial charge in [-0.3, -0.25) is 0 Å². The predicted octanol–water partition coefficient (Wildman–Crippen LogP) is 20.5. The smallest absolute Gasteiger partial charge is 0.164 e. The molecule has 13 aromatic carbocycles. The van der Waals surface area contributed by atoms with Gasteiger partial charge >= 0.3 is 0 Å².